The minimum Gasteiger partial charge on any atom is -0.508 e. The lowest BCUT2D eigenvalue weighted by atomic mass is 10.3. The Kier molecular flexibility index (Phi) is 3.34. The molecule has 0 aromatic heterocycles. The van der Waals surface area contributed by atoms with Crippen LogP contribution >= 0.6 is 0 Å². The molecule has 0 saturated heterocycles. The maximum absolute atomic E-state index is 10.9. The van der Waals surface area contributed by atoms with Gasteiger partial charge < -0.3 is 9.84 Å². The van der Waals surface area contributed by atoms with E-state index in [0.29, 0.717) is 12.1 Å². The van der Waals surface area contributed by atoms with Crippen LogP contribution in [0.5, 0.6) is 11.5 Å². The molecule has 0 spiro atoms. The first-order valence-electron chi connectivity index (χ1n) is 3.93. The summed E-state index contributed by atoms with van der Waals surface area (Å²) < 4.78 is 65.9. The zero-order valence-corrected chi connectivity index (χ0v) is 9.99. The van der Waals surface area contributed by atoms with Gasteiger partial charge in [0.15, 0.2) is 5.75 Å². The van der Waals surface area contributed by atoms with Crippen molar-refractivity contribution in [3.8, 4) is 11.5 Å². The number of benzene rings is 1. The van der Waals surface area contributed by atoms with Crippen molar-refractivity contribution in [3.63, 3.8) is 0 Å². The van der Waals surface area contributed by atoms with Gasteiger partial charge >= 0.3 is 0 Å². The summed E-state index contributed by atoms with van der Waals surface area (Å²) in [6, 6.07) is 1.17. The number of phenolic OH excluding ortho intramolecular Hbond substituents is 1. The molecular weight excluding hydrogens is 276 g/mol. The zero-order valence-electron chi connectivity index (χ0n) is 8.35. The van der Waals surface area contributed by atoms with Gasteiger partial charge in [0, 0.05) is 12.1 Å². The quantitative estimate of drug-likeness (QED) is 0.654. The molecule has 0 aliphatic heterocycles. The van der Waals surface area contributed by atoms with Gasteiger partial charge in [0.05, 0.1) is 7.11 Å². The number of methoxy groups -OCH3 is 1. The second kappa shape index (κ2) is 4.14. The molecule has 3 N–H and O–H groups in total. The third-order valence-corrected chi connectivity index (χ3v) is 3.48. The third-order valence-electron chi connectivity index (χ3n) is 1.77. The van der Waals surface area contributed by atoms with E-state index in [1.807, 2.05) is 0 Å². The first-order chi connectivity index (χ1) is 7.57. The van der Waals surface area contributed by atoms with Crippen LogP contribution in [0.25, 0.3) is 0 Å². The average molecular weight is 284 g/mol. The van der Waals surface area contributed by atoms with Crippen molar-refractivity contribution in [2.45, 2.75) is 9.79 Å². The van der Waals surface area contributed by atoms with E-state index in [1.165, 1.54) is 0 Å². The first-order valence-corrected chi connectivity index (χ1v) is 6.81. The SMILES string of the molecule is COc1c(S(=O)(=O)O)cc(O)cc1S(=O)(=O)O. The first kappa shape index (κ1) is 13.7. The third kappa shape index (κ3) is 2.85. The Morgan fingerprint density at radius 1 is 1.00 bits per heavy atom. The molecule has 0 atom stereocenters. The number of phenols is 1. The van der Waals surface area contributed by atoms with Gasteiger partial charge in [-0.2, -0.15) is 16.8 Å². The highest BCUT2D eigenvalue weighted by Crippen LogP contribution is 2.34. The summed E-state index contributed by atoms with van der Waals surface area (Å²) in [4.78, 5) is -1.93. The topological polar surface area (TPSA) is 138 Å². The number of hydrogen-bond acceptors (Lipinski definition) is 6. The second-order valence-corrected chi connectivity index (χ2v) is 5.71. The van der Waals surface area contributed by atoms with Crippen molar-refractivity contribution < 1.29 is 35.8 Å². The molecule has 96 valence electrons. The maximum atomic E-state index is 10.9. The lowest BCUT2D eigenvalue weighted by molar-refractivity contribution is 0.377. The van der Waals surface area contributed by atoms with E-state index in [1.54, 1.807) is 0 Å². The van der Waals surface area contributed by atoms with Gasteiger partial charge in [-0.1, -0.05) is 0 Å². The Morgan fingerprint density at radius 3 is 1.59 bits per heavy atom. The Balaban J connectivity index is 3.83. The van der Waals surface area contributed by atoms with Crippen molar-refractivity contribution in [1.82, 2.24) is 0 Å². The second-order valence-electron chi connectivity index (χ2n) is 2.93. The minimum absolute atomic E-state index is 0.586. The number of ether oxygens (including phenoxy) is 1. The summed E-state index contributed by atoms with van der Waals surface area (Å²) in [6.45, 7) is 0. The van der Waals surface area contributed by atoms with E-state index in [4.69, 9.17) is 14.2 Å². The predicted molar refractivity (Wildman–Crippen MR) is 54.3 cm³/mol. The minimum atomic E-state index is -4.81. The van der Waals surface area contributed by atoms with Crippen molar-refractivity contribution in [3.05, 3.63) is 12.1 Å². The van der Waals surface area contributed by atoms with Crippen molar-refractivity contribution in [2.24, 2.45) is 0 Å². The summed E-state index contributed by atoms with van der Waals surface area (Å²) in [6.07, 6.45) is 0. The Bertz CT molecular complexity index is 589. The Hall–Kier alpha value is -1.36. The fourth-order valence-electron chi connectivity index (χ4n) is 1.15. The van der Waals surface area contributed by atoms with Crippen molar-refractivity contribution in [2.75, 3.05) is 7.11 Å². The van der Waals surface area contributed by atoms with E-state index in [-0.39, 0.29) is 0 Å². The van der Waals surface area contributed by atoms with Crippen LogP contribution in [0.4, 0.5) is 0 Å². The van der Waals surface area contributed by atoms with Gasteiger partial charge in [-0.05, 0) is 0 Å². The normalized spacial score (nSPS) is 12.4. The summed E-state index contributed by atoms with van der Waals surface area (Å²) in [5, 5.41) is 9.13. The van der Waals surface area contributed by atoms with Crippen LogP contribution in [0, 0.1) is 0 Å². The summed E-state index contributed by atoms with van der Waals surface area (Å²) in [5.41, 5.74) is 0. The van der Waals surface area contributed by atoms with Crippen LogP contribution in [0.15, 0.2) is 21.9 Å². The van der Waals surface area contributed by atoms with Crippen LogP contribution in [0.1, 0.15) is 0 Å². The van der Waals surface area contributed by atoms with E-state index >= 15 is 0 Å². The standard InChI is InChI=1S/C7H8O8S2/c1-15-7-5(16(9,10)11)2-4(8)3-6(7)17(12,13)14/h2-3,8H,1H3,(H,9,10,11)(H,12,13,14). The molecule has 0 fully saturated rings. The Morgan fingerprint density at radius 2 is 1.35 bits per heavy atom. The van der Waals surface area contributed by atoms with E-state index in [2.05, 4.69) is 4.74 Å². The highest BCUT2D eigenvalue weighted by atomic mass is 32.2. The predicted octanol–water partition coefficient (Wildman–Crippen LogP) is -0.106. The molecule has 0 aliphatic rings. The maximum Gasteiger partial charge on any atom is 0.298 e. The molecule has 0 heterocycles. The summed E-state index contributed by atoms with van der Waals surface area (Å²) in [7, 11) is -8.68. The molecular formula is C7H8O8S2. The molecule has 0 bridgehead atoms. The summed E-state index contributed by atoms with van der Waals surface area (Å²) in [5.74, 6) is -1.56. The van der Waals surface area contributed by atoms with Crippen LogP contribution in [-0.4, -0.2) is 38.2 Å². The van der Waals surface area contributed by atoms with Gasteiger partial charge in [0.2, 0.25) is 0 Å². The molecule has 1 aromatic rings. The fourth-order valence-corrected chi connectivity index (χ4v) is 2.61. The van der Waals surface area contributed by atoms with Gasteiger partial charge in [-0.15, -0.1) is 0 Å². The van der Waals surface area contributed by atoms with Crippen LogP contribution in [0.3, 0.4) is 0 Å². The summed E-state index contributed by atoms with van der Waals surface area (Å²) >= 11 is 0. The van der Waals surface area contributed by atoms with Crippen LogP contribution < -0.4 is 4.74 Å². The molecule has 0 amide bonds. The number of rotatable bonds is 3. The van der Waals surface area contributed by atoms with Gasteiger partial charge in [-0.25, -0.2) is 0 Å². The highest BCUT2D eigenvalue weighted by Gasteiger charge is 2.26. The molecule has 8 nitrogen and oxygen atoms in total. The van der Waals surface area contributed by atoms with Gasteiger partial charge in [0.1, 0.15) is 15.5 Å². The van der Waals surface area contributed by atoms with E-state index in [0.717, 1.165) is 7.11 Å². The molecule has 17 heavy (non-hydrogen) atoms. The molecule has 0 unspecified atom stereocenters. The molecule has 1 rings (SSSR count). The smallest absolute Gasteiger partial charge is 0.298 e. The lowest BCUT2D eigenvalue weighted by Crippen LogP contribution is -2.07. The monoisotopic (exact) mass is 284 g/mol. The van der Waals surface area contributed by atoms with Crippen molar-refractivity contribution >= 4 is 20.2 Å². The largest absolute Gasteiger partial charge is 0.508 e. The zero-order chi connectivity index (χ0) is 13.4. The Labute approximate surface area is 97.0 Å². The molecule has 0 aliphatic carbocycles. The average Bonchev–Trinajstić information content (AvgIpc) is 2.13. The van der Waals surface area contributed by atoms with Gasteiger partial charge in [0.25, 0.3) is 20.2 Å². The highest BCUT2D eigenvalue weighted by molar-refractivity contribution is 7.86. The van der Waals surface area contributed by atoms with E-state index < -0.39 is 41.5 Å². The fraction of sp³-hybridized carbons (Fsp3) is 0.143. The molecule has 0 radical (unpaired) electrons. The van der Waals surface area contributed by atoms with Crippen LogP contribution in [0.2, 0.25) is 0 Å². The number of hydrogen-bond donors (Lipinski definition) is 3. The van der Waals surface area contributed by atoms with Gasteiger partial charge in [-0.3, -0.25) is 9.11 Å². The van der Waals surface area contributed by atoms with Crippen molar-refractivity contribution in [1.29, 1.82) is 0 Å². The number of aromatic hydroxyl groups is 1. The molecule has 1 aromatic carbocycles. The molecule has 10 heteroatoms. The lowest BCUT2D eigenvalue weighted by Gasteiger charge is -2.10. The molecule has 0 saturated carbocycles. The van der Waals surface area contributed by atoms with E-state index in [9.17, 15) is 16.8 Å². The van der Waals surface area contributed by atoms with Crippen LogP contribution in [-0.2, 0) is 20.2 Å².